The van der Waals surface area contributed by atoms with Gasteiger partial charge < -0.3 is 4.90 Å². The number of hydrogen-bond acceptors (Lipinski definition) is 2. The first kappa shape index (κ1) is 13.2. The van der Waals surface area contributed by atoms with E-state index in [1.807, 2.05) is 6.20 Å². The molecule has 0 radical (unpaired) electrons. The standard InChI is InChI=1S/C15H16BrClN2/c16-14-3-1-2-13-12(14)5-8-18-15(13)19-9-6-11(10-19)4-7-17/h1-3,5,8,11H,4,6-7,9-10H2. The molecule has 1 aliphatic heterocycles. The van der Waals surface area contributed by atoms with E-state index in [1.54, 1.807) is 0 Å². The van der Waals surface area contributed by atoms with E-state index in [0.29, 0.717) is 5.92 Å². The van der Waals surface area contributed by atoms with Gasteiger partial charge in [0.25, 0.3) is 0 Å². The van der Waals surface area contributed by atoms with Crippen LogP contribution in [0.15, 0.2) is 34.9 Å². The highest BCUT2D eigenvalue weighted by Crippen LogP contribution is 2.32. The summed E-state index contributed by atoms with van der Waals surface area (Å²) in [6.45, 7) is 2.16. The minimum Gasteiger partial charge on any atom is -0.356 e. The van der Waals surface area contributed by atoms with Crippen LogP contribution in [0, 0.1) is 5.92 Å². The second-order valence-electron chi connectivity index (χ2n) is 5.05. The summed E-state index contributed by atoms with van der Waals surface area (Å²) in [6, 6.07) is 8.36. The van der Waals surface area contributed by atoms with Crippen LogP contribution >= 0.6 is 27.5 Å². The number of alkyl halides is 1. The fourth-order valence-electron chi connectivity index (χ4n) is 2.82. The van der Waals surface area contributed by atoms with Gasteiger partial charge in [-0.2, -0.15) is 0 Å². The van der Waals surface area contributed by atoms with Crippen LogP contribution in [0.2, 0.25) is 0 Å². The van der Waals surface area contributed by atoms with E-state index in [4.69, 9.17) is 11.6 Å². The van der Waals surface area contributed by atoms with E-state index in [2.05, 4.69) is 50.1 Å². The maximum absolute atomic E-state index is 5.85. The molecular weight excluding hydrogens is 324 g/mol. The molecule has 0 N–H and O–H groups in total. The van der Waals surface area contributed by atoms with Gasteiger partial charge in [0.05, 0.1) is 0 Å². The number of hydrogen-bond donors (Lipinski definition) is 0. The SMILES string of the molecule is ClCCC1CCN(c2nccc3c(Br)cccc23)C1. The molecule has 1 saturated heterocycles. The number of benzene rings is 1. The molecule has 3 rings (SSSR count). The Balaban J connectivity index is 1.96. The summed E-state index contributed by atoms with van der Waals surface area (Å²) in [4.78, 5) is 6.99. The Hall–Kier alpha value is -0.800. The summed E-state index contributed by atoms with van der Waals surface area (Å²) in [5.74, 6) is 2.57. The number of nitrogens with zero attached hydrogens (tertiary/aromatic N) is 2. The lowest BCUT2D eigenvalue weighted by Gasteiger charge is -2.19. The molecule has 0 aliphatic carbocycles. The summed E-state index contributed by atoms with van der Waals surface area (Å²) in [5.41, 5.74) is 0. The average molecular weight is 340 g/mol. The molecule has 0 bridgehead atoms. The molecule has 1 atom stereocenters. The van der Waals surface area contributed by atoms with Crippen LogP contribution in [0.3, 0.4) is 0 Å². The van der Waals surface area contributed by atoms with Crippen molar-refractivity contribution in [1.29, 1.82) is 0 Å². The van der Waals surface area contributed by atoms with E-state index < -0.39 is 0 Å². The van der Waals surface area contributed by atoms with Crippen molar-refractivity contribution in [1.82, 2.24) is 4.98 Å². The van der Waals surface area contributed by atoms with E-state index in [0.717, 1.165) is 35.7 Å². The number of anilines is 1. The highest BCUT2D eigenvalue weighted by molar-refractivity contribution is 9.10. The summed E-state index contributed by atoms with van der Waals surface area (Å²) in [6.07, 6.45) is 4.22. The van der Waals surface area contributed by atoms with Crippen LogP contribution in [0.25, 0.3) is 10.8 Å². The highest BCUT2D eigenvalue weighted by atomic mass is 79.9. The van der Waals surface area contributed by atoms with Crippen LogP contribution < -0.4 is 4.90 Å². The molecule has 2 aromatic rings. The first-order valence-corrected chi connectivity index (χ1v) is 7.96. The molecule has 1 aliphatic rings. The maximum atomic E-state index is 5.85. The fraction of sp³-hybridized carbons (Fsp3) is 0.400. The first-order chi connectivity index (χ1) is 9.29. The average Bonchev–Trinajstić information content (AvgIpc) is 2.88. The van der Waals surface area contributed by atoms with Gasteiger partial charge in [-0.3, -0.25) is 0 Å². The third-order valence-electron chi connectivity index (χ3n) is 3.83. The van der Waals surface area contributed by atoms with Crippen molar-refractivity contribution in [2.24, 2.45) is 5.92 Å². The molecule has 19 heavy (non-hydrogen) atoms. The van der Waals surface area contributed by atoms with Crippen LogP contribution in [0.4, 0.5) is 5.82 Å². The van der Waals surface area contributed by atoms with Gasteiger partial charge in [0, 0.05) is 40.4 Å². The summed E-state index contributed by atoms with van der Waals surface area (Å²) < 4.78 is 1.13. The highest BCUT2D eigenvalue weighted by Gasteiger charge is 2.24. The molecule has 2 nitrogen and oxygen atoms in total. The number of pyridine rings is 1. The van der Waals surface area contributed by atoms with Crippen molar-refractivity contribution < 1.29 is 0 Å². The molecule has 1 aromatic carbocycles. The van der Waals surface area contributed by atoms with E-state index >= 15 is 0 Å². The van der Waals surface area contributed by atoms with Gasteiger partial charge in [0.2, 0.25) is 0 Å². The van der Waals surface area contributed by atoms with Gasteiger partial charge in [-0.15, -0.1) is 11.6 Å². The summed E-state index contributed by atoms with van der Waals surface area (Å²) in [5, 5.41) is 2.46. The molecule has 1 fully saturated rings. The molecule has 1 unspecified atom stereocenters. The monoisotopic (exact) mass is 338 g/mol. The van der Waals surface area contributed by atoms with Gasteiger partial charge in [0.15, 0.2) is 0 Å². The smallest absolute Gasteiger partial charge is 0.136 e. The Morgan fingerprint density at radius 1 is 1.32 bits per heavy atom. The number of fused-ring (bicyclic) bond motifs is 1. The zero-order chi connectivity index (χ0) is 13.2. The van der Waals surface area contributed by atoms with E-state index in [-0.39, 0.29) is 0 Å². The normalized spacial score (nSPS) is 19.3. The molecule has 0 amide bonds. The molecule has 100 valence electrons. The predicted octanol–water partition coefficient (Wildman–Crippen LogP) is 4.45. The Kier molecular flexibility index (Phi) is 3.94. The van der Waals surface area contributed by atoms with Gasteiger partial charge >= 0.3 is 0 Å². The fourth-order valence-corrected chi connectivity index (χ4v) is 3.63. The Labute approximate surface area is 126 Å². The third-order valence-corrected chi connectivity index (χ3v) is 4.74. The van der Waals surface area contributed by atoms with Gasteiger partial charge in [0.1, 0.15) is 5.82 Å². The van der Waals surface area contributed by atoms with Crippen LogP contribution in [0.5, 0.6) is 0 Å². The Morgan fingerprint density at radius 3 is 3.05 bits per heavy atom. The first-order valence-electron chi connectivity index (χ1n) is 6.63. The van der Waals surface area contributed by atoms with Crippen LogP contribution in [-0.2, 0) is 0 Å². The number of halogens is 2. The maximum Gasteiger partial charge on any atom is 0.136 e. The van der Waals surface area contributed by atoms with Gasteiger partial charge in [-0.05, 0) is 30.9 Å². The second-order valence-corrected chi connectivity index (χ2v) is 6.28. The quantitative estimate of drug-likeness (QED) is 0.768. The van der Waals surface area contributed by atoms with Crippen molar-refractivity contribution in [2.45, 2.75) is 12.8 Å². The van der Waals surface area contributed by atoms with Gasteiger partial charge in [-0.1, -0.05) is 28.1 Å². The molecule has 0 saturated carbocycles. The summed E-state index contributed by atoms with van der Waals surface area (Å²) >= 11 is 9.46. The van der Waals surface area contributed by atoms with Crippen LogP contribution in [-0.4, -0.2) is 24.0 Å². The zero-order valence-electron chi connectivity index (χ0n) is 10.6. The predicted molar refractivity (Wildman–Crippen MR) is 85.1 cm³/mol. The van der Waals surface area contributed by atoms with E-state index in [9.17, 15) is 0 Å². The van der Waals surface area contributed by atoms with Crippen molar-refractivity contribution in [3.05, 3.63) is 34.9 Å². The lowest BCUT2D eigenvalue weighted by molar-refractivity contribution is 0.572. The van der Waals surface area contributed by atoms with Crippen molar-refractivity contribution in [3.63, 3.8) is 0 Å². The molecule has 1 aromatic heterocycles. The topological polar surface area (TPSA) is 16.1 Å². The van der Waals surface area contributed by atoms with Crippen molar-refractivity contribution in [3.8, 4) is 0 Å². The summed E-state index contributed by atoms with van der Waals surface area (Å²) in [7, 11) is 0. The number of rotatable bonds is 3. The Bertz CT molecular complexity index is 587. The molecule has 2 heterocycles. The zero-order valence-corrected chi connectivity index (χ0v) is 13.0. The lowest BCUT2D eigenvalue weighted by atomic mass is 10.1. The minimum atomic E-state index is 0.710. The minimum absolute atomic E-state index is 0.710. The van der Waals surface area contributed by atoms with Crippen molar-refractivity contribution in [2.75, 3.05) is 23.9 Å². The van der Waals surface area contributed by atoms with Crippen LogP contribution in [0.1, 0.15) is 12.8 Å². The second kappa shape index (κ2) is 5.68. The lowest BCUT2D eigenvalue weighted by Crippen LogP contribution is -2.21. The largest absolute Gasteiger partial charge is 0.356 e. The van der Waals surface area contributed by atoms with Gasteiger partial charge in [-0.25, -0.2) is 4.98 Å². The number of aromatic nitrogens is 1. The molecular formula is C15H16BrClN2. The third kappa shape index (κ3) is 2.59. The van der Waals surface area contributed by atoms with E-state index in [1.165, 1.54) is 17.2 Å². The Morgan fingerprint density at radius 2 is 2.21 bits per heavy atom. The molecule has 0 spiro atoms. The molecule has 4 heteroatoms. The van der Waals surface area contributed by atoms with Crippen molar-refractivity contribution >= 4 is 44.1 Å².